The van der Waals surface area contributed by atoms with E-state index < -0.39 is 21.5 Å². The van der Waals surface area contributed by atoms with Crippen molar-refractivity contribution in [2.24, 2.45) is 0 Å². The third-order valence-electron chi connectivity index (χ3n) is 1.48. The van der Waals surface area contributed by atoms with Gasteiger partial charge in [-0.2, -0.15) is 0 Å². The fourth-order valence-electron chi connectivity index (χ4n) is 0.807. The van der Waals surface area contributed by atoms with E-state index in [0.29, 0.717) is 6.42 Å². The van der Waals surface area contributed by atoms with E-state index in [1.54, 1.807) is 0 Å². The molecule has 0 aromatic rings. The van der Waals surface area contributed by atoms with E-state index in [1.807, 2.05) is 27.8 Å². The quantitative estimate of drug-likeness (QED) is 0.209. The summed E-state index contributed by atoms with van der Waals surface area (Å²) >= 11 is 1.58. The Morgan fingerprint density at radius 2 is 2.42 bits per heavy atom. The first-order valence-electron chi connectivity index (χ1n) is 3.50. The Labute approximate surface area is 97.1 Å². The Bertz CT molecular complexity index is 146. The molecule has 0 saturated heterocycles. The van der Waals surface area contributed by atoms with Crippen molar-refractivity contribution in [1.82, 2.24) is 3.53 Å². The Hall–Kier alpha value is 1.01. The normalized spacial score (nSPS) is 16.0. The molecule has 0 fully saturated rings. The van der Waals surface area contributed by atoms with Crippen LogP contribution in [0.3, 0.4) is 0 Å². The summed E-state index contributed by atoms with van der Waals surface area (Å²) < 4.78 is 3.07. The van der Waals surface area contributed by atoms with Crippen LogP contribution in [0.2, 0.25) is 0 Å². The maximum absolute atomic E-state index is 11.3. The SMILES string of the molecule is C[I-][NH+]([O-])C(CCNI)C(C)=O. The van der Waals surface area contributed by atoms with E-state index >= 15 is 0 Å². The number of ketones is 1. The first kappa shape index (κ1) is 13.0. The van der Waals surface area contributed by atoms with Crippen molar-refractivity contribution < 1.29 is 29.5 Å². The summed E-state index contributed by atoms with van der Waals surface area (Å²) in [6.45, 7) is 2.22. The van der Waals surface area contributed by atoms with E-state index in [9.17, 15) is 10.0 Å². The number of hydrogen-bond donors (Lipinski definition) is 2. The molecule has 2 atom stereocenters. The van der Waals surface area contributed by atoms with Crippen molar-refractivity contribution in [1.29, 1.82) is 0 Å². The number of hydrogen-bond acceptors (Lipinski definition) is 3. The minimum absolute atomic E-state index is 0.00759. The van der Waals surface area contributed by atoms with Gasteiger partial charge in [0, 0.05) is 0 Å². The van der Waals surface area contributed by atoms with Gasteiger partial charge in [0.15, 0.2) is 0 Å². The summed E-state index contributed by atoms with van der Waals surface area (Å²) in [6.07, 6.45) is 0.644. The van der Waals surface area contributed by atoms with Crippen LogP contribution in [0.25, 0.3) is 0 Å². The van der Waals surface area contributed by atoms with E-state index in [1.165, 1.54) is 6.92 Å². The van der Waals surface area contributed by atoms with Gasteiger partial charge in [-0.15, -0.1) is 0 Å². The van der Waals surface area contributed by atoms with Gasteiger partial charge in [0.1, 0.15) is 0 Å². The van der Waals surface area contributed by atoms with E-state index in [2.05, 4.69) is 3.53 Å². The summed E-state index contributed by atoms with van der Waals surface area (Å²) in [5, 5.41) is 11.3. The van der Waals surface area contributed by atoms with Gasteiger partial charge < -0.3 is 0 Å². The molecule has 0 aromatic carbocycles. The van der Waals surface area contributed by atoms with E-state index in [-0.39, 0.29) is 15.1 Å². The maximum atomic E-state index is 11.3. The molecule has 0 aliphatic heterocycles. The van der Waals surface area contributed by atoms with Gasteiger partial charge in [-0.05, 0) is 0 Å². The predicted molar refractivity (Wildman–Crippen MR) is 51.4 cm³/mol. The van der Waals surface area contributed by atoms with Gasteiger partial charge in [-0.1, -0.05) is 0 Å². The van der Waals surface area contributed by atoms with E-state index in [0.717, 1.165) is 6.54 Å². The number of quaternary nitrogens is 1. The number of Topliss-reactive ketones (excluding diaryl/α,β-unsaturated/α-hetero) is 1. The minimum atomic E-state index is -0.437. The van der Waals surface area contributed by atoms with Crippen LogP contribution in [-0.4, -0.2) is 23.3 Å². The summed E-state index contributed by atoms with van der Waals surface area (Å²) in [5.74, 6) is 0.00759. The van der Waals surface area contributed by atoms with Gasteiger partial charge >= 0.3 is 97.8 Å². The fraction of sp³-hybridized carbons (Fsp3) is 0.833. The molecule has 0 amide bonds. The van der Waals surface area contributed by atoms with Crippen LogP contribution in [-0.2, 0) is 4.79 Å². The molecule has 0 aliphatic rings. The zero-order chi connectivity index (χ0) is 9.56. The van der Waals surface area contributed by atoms with Crippen LogP contribution in [0.15, 0.2) is 0 Å². The average molecular weight is 399 g/mol. The Kier molecular flexibility index (Phi) is 8.04. The molecule has 0 aliphatic carbocycles. The van der Waals surface area contributed by atoms with Gasteiger partial charge in [0.2, 0.25) is 0 Å². The predicted octanol–water partition coefficient (Wildman–Crippen LogP) is -3.71. The van der Waals surface area contributed by atoms with Crippen LogP contribution >= 0.6 is 22.9 Å². The molecule has 0 spiro atoms. The first-order chi connectivity index (χ1) is 5.63. The van der Waals surface area contributed by atoms with Crippen molar-refractivity contribution in [3.8, 4) is 0 Å². The molecule has 74 valence electrons. The molecule has 0 bridgehead atoms. The van der Waals surface area contributed by atoms with E-state index in [4.69, 9.17) is 0 Å². The van der Waals surface area contributed by atoms with Crippen molar-refractivity contribution in [2.45, 2.75) is 19.4 Å². The average Bonchev–Trinajstić information content (AvgIpc) is 2.04. The van der Waals surface area contributed by atoms with Crippen LogP contribution in [0, 0.1) is 5.21 Å². The number of alkyl halides is 1. The molecular weight excluding hydrogens is 386 g/mol. The third-order valence-corrected chi connectivity index (χ3v) is 3.83. The molecule has 6 heteroatoms. The zero-order valence-electron chi connectivity index (χ0n) is 7.06. The molecule has 12 heavy (non-hydrogen) atoms. The molecule has 2 N–H and O–H groups in total. The second kappa shape index (κ2) is 7.42. The number of carbonyl (C=O) groups excluding carboxylic acids is 1. The monoisotopic (exact) mass is 399 g/mol. The number of carbonyl (C=O) groups is 1. The second-order valence-corrected chi connectivity index (χ2v) is 5.23. The first-order valence-corrected chi connectivity index (χ1v) is 7.82. The number of hydroxylamine groups is 1. The van der Waals surface area contributed by atoms with Gasteiger partial charge in [0.25, 0.3) is 0 Å². The molecular formula is C6H13I2N2O2-. The third kappa shape index (κ3) is 4.90. The molecule has 2 unspecified atom stereocenters. The van der Waals surface area contributed by atoms with Gasteiger partial charge in [0.05, 0.1) is 0 Å². The van der Waals surface area contributed by atoms with Crippen LogP contribution < -0.4 is 28.3 Å². The fourth-order valence-corrected chi connectivity index (χ4v) is 2.62. The summed E-state index contributed by atoms with van der Waals surface area (Å²) in [5.41, 5.74) is 0. The molecule has 0 saturated carbocycles. The Balaban J connectivity index is 3.94. The zero-order valence-corrected chi connectivity index (χ0v) is 11.4. The van der Waals surface area contributed by atoms with Crippen molar-refractivity contribution in [3.05, 3.63) is 5.21 Å². The standard InChI is InChI=1S/C6H13I2N2O2/c1-5(11)6(3-4-9-7)10(12)8-2/h6,9-10H,3-4H2,1-2H3/q-1. The van der Waals surface area contributed by atoms with Crippen molar-refractivity contribution in [3.63, 3.8) is 0 Å². The molecule has 0 rings (SSSR count). The molecule has 4 nitrogen and oxygen atoms in total. The topological polar surface area (TPSA) is 56.6 Å². The summed E-state index contributed by atoms with van der Waals surface area (Å²) in [4.78, 5) is 12.9. The summed E-state index contributed by atoms with van der Waals surface area (Å²) in [6, 6.07) is -0.343. The number of rotatable bonds is 6. The van der Waals surface area contributed by atoms with Crippen LogP contribution in [0.1, 0.15) is 13.3 Å². The summed E-state index contributed by atoms with van der Waals surface area (Å²) in [7, 11) is 0. The Morgan fingerprint density at radius 1 is 1.83 bits per heavy atom. The van der Waals surface area contributed by atoms with Crippen LogP contribution in [0.5, 0.6) is 0 Å². The molecule has 0 radical (unpaired) electrons. The van der Waals surface area contributed by atoms with Crippen LogP contribution in [0.4, 0.5) is 0 Å². The molecule has 0 heterocycles. The number of halogens is 2. The van der Waals surface area contributed by atoms with Gasteiger partial charge in [-0.3, -0.25) is 0 Å². The van der Waals surface area contributed by atoms with Crippen molar-refractivity contribution in [2.75, 3.05) is 11.5 Å². The Morgan fingerprint density at radius 3 is 2.75 bits per heavy atom. The number of nitrogens with one attached hydrogen (secondary N) is 2. The van der Waals surface area contributed by atoms with Gasteiger partial charge in [-0.25, -0.2) is 0 Å². The second-order valence-electron chi connectivity index (χ2n) is 2.33. The molecule has 0 aromatic heterocycles. The van der Waals surface area contributed by atoms with Crippen molar-refractivity contribution >= 4 is 28.6 Å².